The van der Waals surface area contributed by atoms with Gasteiger partial charge in [0.15, 0.2) is 50.1 Å². The van der Waals surface area contributed by atoms with E-state index in [-0.39, 0.29) is 0 Å². The summed E-state index contributed by atoms with van der Waals surface area (Å²) < 4.78 is 74.4. The van der Waals surface area contributed by atoms with Gasteiger partial charge >= 0.3 is 5.97 Å². The smallest absolute Gasteiger partial charge is 0.335 e. The standard InChI is InChI=1S/C40H66O35/c41-1-9-15(49)20(54)30(73-37-24(58)19(53)21(55)29(72-37)33(60)61)38(66-9)70-27-17(51)12(4-44)68-40(32(27)75-36-23(57)14(48)8(46)6-64-36)71-28-18(52)11(3-43)67-39(31(28)74-35-22(56)13(47)7(45)5-63-35)69-26-16(50)10(2-42)65-34(62)25(26)59/h7-32,34-59,62H,1-6H2,(H,60,61)/t7-,8-,9-,10-,11-,12-,13+,14+,15-,16-,17-,18-,19+,20+,21+,22-,23-,24-,25+,26+,27+,28+,29+,30+,31+,32+,34+,35+,36+,37+,38-,39-,40-/m1/s1. The normalized spacial score (nSPS) is 53.1. The maximum atomic E-state index is 11.9. The molecule has 7 saturated heterocycles. The lowest BCUT2D eigenvalue weighted by Crippen LogP contribution is -2.70. The van der Waals surface area contributed by atoms with Gasteiger partial charge in [-0.1, -0.05) is 0 Å². The molecule has 0 unspecified atom stereocenters. The van der Waals surface area contributed by atoms with E-state index in [1.807, 2.05) is 0 Å². The number of ether oxygens (including phenoxy) is 13. The first-order chi connectivity index (χ1) is 35.5. The van der Waals surface area contributed by atoms with Crippen LogP contribution in [0.3, 0.4) is 0 Å². The van der Waals surface area contributed by atoms with Crippen molar-refractivity contribution in [3.63, 3.8) is 0 Å². The quantitative estimate of drug-likeness (QED) is 0.0643. The van der Waals surface area contributed by atoms with Crippen LogP contribution in [0.25, 0.3) is 0 Å². The minimum atomic E-state index is -2.35. The molecule has 7 heterocycles. The molecule has 436 valence electrons. The third-order valence-corrected chi connectivity index (χ3v) is 13.7. The maximum absolute atomic E-state index is 11.9. The molecule has 21 N–H and O–H groups in total. The average Bonchev–Trinajstić information content (AvgIpc) is 3.38. The van der Waals surface area contributed by atoms with Gasteiger partial charge in [-0.05, 0) is 0 Å². The van der Waals surface area contributed by atoms with Gasteiger partial charge in [0.1, 0.15) is 153 Å². The fraction of sp³-hybridized carbons (Fsp3) is 0.975. The molecule has 75 heavy (non-hydrogen) atoms. The van der Waals surface area contributed by atoms with Crippen LogP contribution in [0, 0.1) is 0 Å². The van der Waals surface area contributed by atoms with E-state index in [0.717, 1.165) is 0 Å². The highest BCUT2D eigenvalue weighted by molar-refractivity contribution is 5.73. The van der Waals surface area contributed by atoms with Gasteiger partial charge in [-0.2, -0.15) is 0 Å². The molecule has 0 saturated carbocycles. The molecule has 0 radical (unpaired) electrons. The molecule has 7 rings (SSSR count). The summed E-state index contributed by atoms with van der Waals surface area (Å²) in [6, 6.07) is 0. The number of hydrogen-bond acceptors (Lipinski definition) is 34. The van der Waals surface area contributed by atoms with Gasteiger partial charge in [0.25, 0.3) is 0 Å². The Kier molecular flexibility index (Phi) is 20.9. The van der Waals surface area contributed by atoms with Gasteiger partial charge in [-0.3, -0.25) is 0 Å². The monoisotopic (exact) mass is 1110 g/mol. The molecule has 35 heteroatoms. The Balaban J connectivity index is 1.29. The van der Waals surface area contributed by atoms with E-state index in [0.29, 0.717) is 0 Å². The van der Waals surface area contributed by atoms with E-state index in [9.17, 15) is 112 Å². The van der Waals surface area contributed by atoms with Crippen LogP contribution in [0.1, 0.15) is 0 Å². The van der Waals surface area contributed by atoms with Crippen molar-refractivity contribution in [3.8, 4) is 0 Å². The van der Waals surface area contributed by atoms with Crippen molar-refractivity contribution in [2.75, 3.05) is 39.6 Å². The van der Waals surface area contributed by atoms with Gasteiger partial charge in [0.2, 0.25) is 0 Å². The number of carbonyl (C=O) groups is 1. The molecule has 0 aromatic heterocycles. The van der Waals surface area contributed by atoms with Crippen molar-refractivity contribution < 1.29 is 174 Å². The summed E-state index contributed by atoms with van der Waals surface area (Å²) in [6.07, 6.45) is -70.0. The fourth-order valence-electron chi connectivity index (χ4n) is 9.33. The Hall–Kier alpha value is -1.85. The summed E-state index contributed by atoms with van der Waals surface area (Å²) in [7, 11) is 0. The summed E-state index contributed by atoms with van der Waals surface area (Å²) in [5.41, 5.74) is 0. The molecule has 0 amide bonds. The predicted octanol–water partition coefficient (Wildman–Crippen LogP) is -14.9. The lowest BCUT2D eigenvalue weighted by Gasteiger charge is -2.52. The summed E-state index contributed by atoms with van der Waals surface area (Å²) in [5, 5.41) is 225. The van der Waals surface area contributed by atoms with E-state index < -0.39 is 248 Å². The highest BCUT2D eigenvalue weighted by atomic mass is 16.8. The zero-order valence-electron chi connectivity index (χ0n) is 38.9. The molecular formula is C40H66O35. The summed E-state index contributed by atoms with van der Waals surface area (Å²) in [5.74, 6) is -1.87. The average molecular weight is 1110 g/mol. The van der Waals surface area contributed by atoms with Crippen LogP contribution in [0.5, 0.6) is 0 Å². The molecule has 0 aliphatic carbocycles. The molecule has 0 bridgehead atoms. The molecule has 0 aromatic rings. The van der Waals surface area contributed by atoms with Gasteiger partial charge in [0, 0.05) is 0 Å². The molecule has 35 nitrogen and oxygen atoms in total. The van der Waals surface area contributed by atoms with Crippen molar-refractivity contribution in [1.29, 1.82) is 0 Å². The topological polar surface area (TPSA) is 562 Å². The van der Waals surface area contributed by atoms with Crippen molar-refractivity contribution in [2.45, 2.75) is 203 Å². The highest BCUT2D eigenvalue weighted by Gasteiger charge is 2.60. The predicted molar refractivity (Wildman–Crippen MR) is 220 cm³/mol. The van der Waals surface area contributed by atoms with Crippen molar-refractivity contribution in [1.82, 2.24) is 0 Å². The number of aliphatic hydroxyl groups is 20. The summed E-state index contributed by atoms with van der Waals surface area (Å²) in [6.45, 7) is -5.87. The zero-order chi connectivity index (χ0) is 55.1. The molecule has 0 spiro atoms. The van der Waals surface area contributed by atoms with Gasteiger partial charge in [0.05, 0.1) is 39.6 Å². The second-order valence-corrected chi connectivity index (χ2v) is 18.7. The number of carboxylic acid groups (broad SMARTS) is 1. The summed E-state index contributed by atoms with van der Waals surface area (Å²) in [4.78, 5) is 11.9. The third-order valence-electron chi connectivity index (χ3n) is 13.7. The SMILES string of the molecule is O=C(O)[C@H]1O[C@@H](O[C@@H]2[C@@H](O[C@H]3[C@H](O)[C@@H](CO)O[C@H](O[C@H]4[C@H](O)[C@@H](CO)O[C@H](O[C@@H]5[C@H](O)[C@@H](O)O[C@H](CO)[C@H]5O)[C@H]4O[C@@H]4OC[C@@H](O)[C@H](O)[C@H]4O)[C@H]3O[C@@H]3OC[C@@H](O)[C@H](O)[C@H]3O)O[C@H](CO)[C@@H](O)[C@@H]2O)[C@H](O)[C@@H](O)[C@@H]1O. The van der Waals surface area contributed by atoms with Gasteiger partial charge in [-0.25, -0.2) is 4.79 Å². The number of rotatable bonds is 17. The third kappa shape index (κ3) is 12.6. The minimum absolute atomic E-state index is 0.719. The van der Waals surface area contributed by atoms with Gasteiger partial charge < -0.3 is 169 Å². The fourth-order valence-corrected chi connectivity index (χ4v) is 9.33. The number of hydrogen-bond donors (Lipinski definition) is 21. The van der Waals surface area contributed by atoms with Crippen LogP contribution in [-0.2, 0) is 66.4 Å². The van der Waals surface area contributed by atoms with E-state index >= 15 is 0 Å². The second kappa shape index (κ2) is 25.7. The van der Waals surface area contributed by atoms with E-state index in [1.165, 1.54) is 0 Å². The largest absolute Gasteiger partial charge is 0.479 e. The number of aliphatic carboxylic acids is 1. The molecule has 0 aromatic carbocycles. The van der Waals surface area contributed by atoms with E-state index in [1.54, 1.807) is 0 Å². The van der Waals surface area contributed by atoms with Gasteiger partial charge in [-0.15, -0.1) is 0 Å². The first-order valence-electron chi connectivity index (χ1n) is 23.5. The number of aliphatic hydroxyl groups excluding tert-OH is 20. The second-order valence-electron chi connectivity index (χ2n) is 18.7. The maximum Gasteiger partial charge on any atom is 0.335 e. The Labute approximate surface area is 421 Å². The molecule has 7 aliphatic heterocycles. The van der Waals surface area contributed by atoms with Crippen molar-refractivity contribution in [2.24, 2.45) is 0 Å². The highest BCUT2D eigenvalue weighted by Crippen LogP contribution is 2.39. The van der Waals surface area contributed by atoms with Crippen LogP contribution in [0.15, 0.2) is 0 Å². The van der Waals surface area contributed by atoms with Crippen LogP contribution >= 0.6 is 0 Å². The lowest BCUT2D eigenvalue weighted by atomic mass is 9.94. The minimum Gasteiger partial charge on any atom is -0.479 e. The van der Waals surface area contributed by atoms with Crippen LogP contribution in [0.2, 0.25) is 0 Å². The van der Waals surface area contributed by atoms with Crippen LogP contribution < -0.4 is 0 Å². The Morgan fingerprint density at radius 3 is 1.13 bits per heavy atom. The molecular weight excluding hydrogens is 1040 g/mol. The van der Waals surface area contributed by atoms with Crippen molar-refractivity contribution in [3.05, 3.63) is 0 Å². The Morgan fingerprint density at radius 2 is 0.693 bits per heavy atom. The number of carboxylic acids is 1. The first kappa shape index (κ1) is 60.8. The molecule has 7 aliphatic rings. The van der Waals surface area contributed by atoms with Crippen LogP contribution in [0.4, 0.5) is 0 Å². The molecule has 7 fully saturated rings. The zero-order valence-corrected chi connectivity index (χ0v) is 38.9. The lowest BCUT2D eigenvalue weighted by molar-refractivity contribution is -0.420. The van der Waals surface area contributed by atoms with Crippen molar-refractivity contribution >= 4 is 5.97 Å². The van der Waals surface area contributed by atoms with E-state index in [4.69, 9.17) is 61.6 Å². The first-order valence-corrected chi connectivity index (χ1v) is 23.5. The summed E-state index contributed by atoms with van der Waals surface area (Å²) >= 11 is 0. The van der Waals surface area contributed by atoms with Crippen LogP contribution in [-0.4, -0.2) is 356 Å². The molecule has 33 atom stereocenters. The Bertz CT molecular complexity index is 1800. The Morgan fingerprint density at radius 1 is 0.333 bits per heavy atom. The van der Waals surface area contributed by atoms with E-state index in [2.05, 4.69) is 0 Å².